The highest BCUT2D eigenvalue weighted by atomic mass is 35.5. The smallest absolute Gasteiger partial charge is 0.408 e. The van der Waals surface area contributed by atoms with Crippen molar-refractivity contribution in [2.24, 2.45) is 15.7 Å². The van der Waals surface area contributed by atoms with Crippen LogP contribution in [0.2, 0.25) is 0 Å². The first kappa shape index (κ1) is 16.6. The van der Waals surface area contributed by atoms with Crippen molar-refractivity contribution in [3.63, 3.8) is 0 Å². The Morgan fingerprint density at radius 1 is 1.27 bits per heavy atom. The van der Waals surface area contributed by atoms with Crippen LogP contribution in [0.1, 0.15) is 25.3 Å². The number of hydrogen-bond donors (Lipinski definition) is 0. The number of ketones is 1. The van der Waals surface area contributed by atoms with Crippen LogP contribution >= 0.6 is 11.6 Å². The fourth-order valence-corrected chi connectivity index (χ4v) is 3.19. The van der Waals surface area contributed by atoms with Gasteiger partial charge in [-0.3, -0.25) is 4.79 Å². The quantitative estimate of drug-likeness (QED) is 0.784. The Morgan fingerprint density at radius 2 is 1.86 bits per heavy atom. The zero-order valence-corrected chi connectivity index (χ0v) is 13.5. The van der Waals surface area contributed by atoms with E-state index in [1.165, 1.54) is 12.1 Å². The molecule has 1 aromatic rings. The summed E-state index contributed by atoms with van der Waals surface area (Å²) in [5, 5.41) is 0. The molecule has 0 N–H and O–H groups in total. The molecule has 0 radical (unpaired) electrons. The van der Waals surface area contributed by atoms with Crippen LogP contribution in [-0.2, 0) is 15.3 Å². The molecule has 6 nitrogen and oxygen atoms in total. The molecule has 1 amide bonds. The highest BCUT2D eigenvalue weighted by molar-refractivity contribution is 7.62. The molecule has 0 unspecified atom stereocenters. The Kier molecular flexibility index (Phi) is 4.67. The lowest BCUT2D eigenvalue weighted by Gasteiger charge is -2.04. The summed E-state index contributed by atoms with van der Waals surface area (Å²) in [5.74, 6) is 0.151. The van der Waals surface area contributed by atoms with E-state index in [0.717, 1.165) is 5.56 Å². The summed E-state index contributed by atoms with van der Waals surface area (Å²) < 4.78 is 27.9. The van der Waals surface area contributed by atoms with Crippen molar-refractivity contribution in [2.75, 3.05) is 5.88 Å². The monoisotopic (exact) mass is 343 g/mol. The summed E-state index contributed by atoms with van der Waals surface area (Å²) in [6.07, 6.45) is -1.21. The summed E-state index contributed by atoms with van der Waals surface area (Å²) in [6.45, 7) is 4.01. The minimum Gasteiger partial charge on any atom is -0.408 e. The maximum absolute atomic E-state index is 11.8. The minimum absolute atomic E-state index is 0.00582. The molecule has 0 heterocycles. The summed E-state index contributed by atoms with van der Waals surface area (Å²) >= 11 is 5.62. The molecule has 1 saturated carbocycles. The van der Waals surface area contributed by atoms with Crippen molar-refractivity contribution in [1.82, 2.24) is 0 Å². The third-order valence-electron chi connectivity index (χ3n) is 3.90. The molecule has 1 aliphatic rings. The van der Waals surface area contributed by atoms with Crippen molar-refractivity contribution < 1.29 is 22.7 Å². The van der Waals surface area contributed by atoms with E-state index in [4.69, 9.17) is 16.3 Å². The van der Waals surface area contributed by atoms with Crippen LogP contribution in [0.4, 0.5) is 4.79 Å². The summed E-state index contributed by atoms with van der Waals surface area (Å²) in [6, 6.07) is 6.55. The van der Waals surface area contributed by atoms with Crippen molar-refractivity contribution in [3.05, 3.63) is 29.8 Å². The van der Waals surface area contributed by atoms with E-state index in [9.17, 15) is 18.0 Å². The second-order valence-electron chi connectivity index (χ2n) is 5.62. The molecule has 8 heteroatoms. The van der Waals surface area contributed by atoms with Crippen molar-refractivity contribution in [1.29, 1.82) is 0 Å². The molecule has 1 fully saturated rings. The summed E-state index contributed by atoms with van der Waals surface area (Å²) in [7, 11) is -2.84. The Bertz CT molecular complexity index is 731. The molecular weight excluding hydrogens is 330 g/mol. The predicted octanol–water partition coefficient (Wildman–Crippen LogP) is 2.80. The number of carbonyl (C=O) groups is 2. The van der Waals surface area contributed by atoms with Crippen LogP contribution in [-0.4, -0.2) is 26.2 Å². The number of benzene rings is 1. The Morgan fingerprint density at radius 3 is 2.36 bits per heavy atom. The summed E-state index contributed by atoms with van der Waals surface area (Å²) in [5.41, 5.74) is 0.788. The zero-order chi connectivity index (χ0) is 16.5. The molecule has 0 bridgehead atoms. The van der Waals surface area contributed by atoms with Gasteiger partial charge in [-0.1, -0.05) is 30.3 Å². The first-order chi connectivity index (χ1) is 10.3. The third-order valence-corrected chi connectivity index (χ3v) is 4.46. The number of carbonyl (C=O) groups excluding carboxylic acids is 2. The lowest BCUT2D eigenvalue weighted by atomic mass is 10.0. The standard InChI is InChI=1S/C14H14ClNO5S/c1-14(2)11(12(14)10(17)7-15)8-3-5-9(6-4-8)21-13(18)16-22(19)20/h3-6,11-12H,7H2,1-2H3/t11-,12-/m0/s1. The number of ether oxygens (including phenoxy) is 1. The second kappa shape index (κ2) is 6.18. The largest absolute Gasteiger partial charge is 0.454 e. The van der Waals surface area contributed by atoms with Crippen molar-refractivity contribution in [3.8, 4) is 5.75 Å². The van der Waals surface area contributed by atoms with Gasteiger partial charge >= 0.3 is 16.6 Å². The first-order valence-electron chi connectivity index (χ1n) is 6.49. The minimum atomic E-state index is -2.84. The average molecular weight is 344 g/mol. The van der Waals surface area contributed by atoms with Gasteiger partial charge in [-0.2, -0.15) is 8.42 Å². The molecule has 2 rings (SSSR count). The van der Waals surface area contributed by atoms with E-state index in [0.29, 0.717) is 0 Å². The average Bonchev–Trinajstić information content (AvgIpc) is 3.00. The van der Waals surface area contributed by atoms with Crippen LogP contribution in [0.3, 0.4) is 0 Å². The van der Waals surface area contributed by atoms with E-state index in [1.807, 2.05) is 13.8 Å². The maximum atomic E-state index is 11.8. The lowest BCUT2D eigenvalue weighted by molar-refractivity contribution is -0.118. The van der Waals surface area contributed by atoms with Gasteiger partial charge in [0, 0.05) is 5.92 Å². The molecule has 0 aliphatic heterocycles. The molecule has 1 aromatic carbocycles. The van der Waals surface area contributed by atoms with Gasteiger partial charge in [0.1, 0.15) is 5.75 Å². The van der Waals surface area contributed by atoms with Gasteiger partial charge in [-0.15, -0.1) is 11.6 Å². The number of Topliss-reactive ketones (excluding diaryl/α,β-unsaturated/α-hetero) is 1. The second-order valence-corrected chi connectivity index (χ2v) is 6.51. The van der Waals surface area contributed by atoms with Gasteiger partial charge < -0.3 is 4.74 Å². The summed E-state index contributed by atoms with van der Waals surface area (Å²) in [4.78, 5) is 22.9. The number of alkyl halides is 1. The molecule has 22 heavy (non-hydrogen) atoms. The SMILES string of the molecule is CC1(C)[C@@H](C(=O)CCl)[C@@H]1c1ccc(OC(=O)N=S(=O)=O)cc1. The van der Waals surface area contributed by atoms with Gasteiger partial charge in [0.25, 0.3) is 0 Å². The van der Waals surface area contributed by atoms with E-state index < -0.39 is 16.6 Å². The van der Waals surface area contributed by atoms with E-state index in [1.54, 1.807) is 12.1 Å². The number of nitrogens with zero attached hydrogens (tertiary/aromatic N) is 1. The van der Waals surface area contributed by atoms with E-state index >= 15 is 0 Å². The van der Waals surface area contributed by atoms with E-state index in [-0.39, 0.29) is 34.7 Å². The lowest BCUT2D eigenvalue weighted by Crippen LogP contribution is -2.06. The Balaban J connectivity index is 2.12. The zero-order valence-electron chi connectivity index (χ0n) is 11.9. The Labute approximate surface area is 134 Å². The number of amides is 1. The van der Waals surface area contributed by atoms with Crippen LogP contribution in [0.15, 0.2) is 28.6 Å². The number of halogens is 1. The molecule has 1 aliphatic carbocycles. The molecule has 118 valence electrons. The van der Waals surface area contributed by atoms with Crippen LogP contribution in [0, 0.1) is 11.3 Å². The van der Waals surface area contributed by atoms with Crippen LogP contribution in [0.5, 0.6) is 5.75 Å². The van der Waals surface area contributed by atoms with Gasteiger partial charge in [-0.05, 0) is 29.0 Å². The van der Waals surface area contributed by atoms with Crippen molar-refractivity contribution in [2.45, 2.75) is 19.8 Å². The van der Waals surface area contributed by atoms with Gasteiger partial charge in [0.2, 0.25) is 0 Å². The van der Waals surface area contributed by atoms with Gasteiger partial charge in [0.15, 0.2) is 5.78 Å². The van der Waals surface area contributed by atoms with Crippen LogP contribution in [0.25, 0.3) is 0 Å². The van der Waals surface area contributed by atoms with E-state index in [2.05, 4.69) is 4.36 Å². The number of rotatable bonds is 4. The Hall–Kier alpha value is -1.73. The molecule has 2 atom stereocenters. The molecule has 0 spiro atoms. The topological polar surface area (TPSA) is 89.9 Å². The maximum Gasteiger partial charge on any atom is 0.454 e. The van der Waals surface area contributed by atoms with Crippen LogP contribution < -0.4 is 4.74 Å². The van der Waals surface area contributed by atoms with Gasteiger partial charge in [0.05, 0.1) is 5.88 Å². The van der Waals surface area contributed by atoms with Gasteiger partial charge in [-0.25, -0.2) is 4.79 Å². The van der Waals surface area contributed by atoms with Crippen molar-refractivity contribution >= 4 is 34.0 Å². The number of hydrogen-bond acceptors (Lipinski definition) is 5. The normalized spacial score (nSPS) is 21.8. The first-order valence-corrected chi connectivity index (χ1v) is 8.05. The molecule has 0 saturated heterocycles. The molecule has 0 aromatic heterocycles. The highest BCUT2D eigenvalue weighted by Gasteiger charge is 2.61. The highest BCUT2D eigenvalue weighted by Crippen LogP contribution is 2.64. The fraction of sp³-hybridized carbons (Fsp3) is 0.429. The fourth-order valence-electron chi connectivity index (χ4n) is 2.87. The molecular formula is C14H14ClNO5S. The third kappa shape index (κ3) is 3.36. The predicted molar refractivity (Wildman–Crippen MR) is 79.6 cm³/mol.